The minimum Gasteiger partial charge on any atom is -0.366 e. The number of carbonyl (C=O) groups is 1. The van der Waals surface area contributed by atoms with Crippen LogP contribution in [0.4, 0.5) is 10.9 Å². The lowest BCUT2D eigenvalue weighted by Crippen LogP contribution is -2.17. The normalized spacial score (nSPS) is 13.8. The van der Waals surface area contributed by atoms with Crippen LogP contribution in [-0.4, -0.2) is 25.5 Å². The molecule has 8 heteroatoms. The zero-order valence-corrected chi connectivity index (χ0v) is 16.0. The van der Waals surface area contributed by atoms with Crippen LogP contribution in [0.25, 0.3) is 5.78 Å². The number of nitrogen functional groups attached to an aromatic ring is 1. The molecule has 3 aromatic rings. The number of hydrogen-bond acceptors (Lipinski definition) is 6. The molecule has 0 unspecified atom stereocenters. The largest absolute Gasteiger partial charge is 0.366 e. The van der Waals surface area contributed by atoms with Gasteiger partial charge in [-0.2, -0.15) is 9.50 Å². The van der Waals surface area contributed by atoms with Crippen molar-refractivity contribution in [3.63, 3.8) is 0 Å². The highest BCUT2D eigenvalue weighted by atomic mass is 32.1. The Kier molecular flexibility index (Phi) is 4.14. The van der Waals surface area contributed by atoms with Gasteiger partial charge in [0, 0.05) is 21.8 Å². The van der Waals surface area contributed by atoms with E-state index in [0.717, 1.165) is 34.8 Å². The molecule has 0 saturated carbocycles. The van der Waals surface area contributed by atoms with E-state index in [2.05, 4.69) is 27.3 Å². The van der Waals surface area contributed by atoms with Gasteiger partial charge in [0.25, 0.3) is 5.78 Å². The monoisotopic (exact) mass is 370 g/mol. The zero-order chi connectivity index (χ0) is 18.4. The van der Waals surface area contributed by atoms with Gasteiger partial charge in [-0.15, -0.1) is 16.4 Å². The fraction of sp³-hybridized carbons (Fsp3) is 0.444. The van der Waals surface area contributed by atoms with Gasteiger partial charge in [-0.25, -0.2) is 4.98 Å². The van der Waals surface area contributed by atoms with Crippen LogP contribution < -0.4 is 11.1 Å². The third kappa shape index (κ3) is 2.84. The summed E-state index contributed by atoms with van der Waals surface area (Å²) in [4.78, 5) is 22.6. The highest BCUT2D eigenvalue weighted by Crippen LogP contribution is 2.37. The van der Waals surface area contributed by atoms with Gasteiger partial charge in [-0.05, 0) is 57.6 Å². The van der Waals surface area contributed by atoms with Gasteiger partial charge in [0.1, 0.15) is 0 Å². The van der Waals surface area contributed by atoms with Crippen molar-refractivity contribution in [1.29, 1.82) is 0 Å². The number of thiophene rings is 1. The number of aromatic nitrogens is 4. The summed E-state index contributed by atoms with van der Waals surface area (Å²) >= 11 is 1.72. The number of nitrogens with zero attached hydrogens (tertiary/aromatic N) is 4. The van der Waals surface area contributed by atoms with Gasteiger partial charge in [-0.3, -0.25) is 4.79 Å². The lowest BCUT2D eigenvalue weighted by atomic mass is 9.96. The molecule has 0 bridgehead atoms. The molecule has 1 aliphatic rings. The van der Waals surface area contributed by atoms with Gasteiger partial charge in [0.05, 0.1) is 11.4 Å². The van der Waals surface area contributed by atoms with Crippen molar-refractivity contribution in [2.75, 3.05) is 11.1 Å². The second-order valence-corrected chi connectivity index (χ2v) is 7.94. The maximum absolute atomic E-state index is 12.7. The Morgan fingerprint density at radius 3 is 2.77 bits per heavy atom. The number of hydrogen-bond donors (Lipinski definition) is 2. The Morgan fingerprint density at radius 1 is 1.23 bits per heavy atom. The van der Waals surface area contributed by atoms with E-state index in [0.29, 0.717) is 5.78 Å². The summed E-state index contributed by atoms with van der Waals surface area (Å²) in [6.07, 6.45) is 4.99. The van der Waals surface area contributed by atoms with Gasteiger partial charge >= 0.3 is 0 Å². The van der Waals surface area contributed by atoms with Crippen LogP contribution in [0, 0.1) is 20.8 Å². The number of nitrogens with one attached hydrogen (secondary N) is 1. The molecule has 0 spiro atoms. The Hall–Kier alpha value is -2.48. The van der Waals surface area contributed by atoms with Crippen LogP contribution in [0.5, 0.6) is 0 Å². The van der Waals surface area contributed by atoms with Crippen molar-refractivity contribution >= 4 is 34.0 Å². The van der Waals surface area contributed by atoms with Crippen LogP contribution >= 0.6 is 11.3 Å². The quantitative estimate of drug-likeness (QED) is 0.739. The number of rotatable bonds is 3. The Balaban J connectivity index is 1.59. The first-order valence-electron chi connectivity index (χ1n) is 8.83. The molecule has 0 saturated heterocycles. The van der Waals surface area contributed by atoms with E-state index in [9.17, 15) is 4.79 Å². The summed E-state index contributed by atoms with van der Waals surface area (Å²) < 4.78 is 1.60. The van der Waals surface area contributed by atoms with Crippen LogP contribution in [0.1, 0.15) is 45.8 Å². The predicted octanol–water partition coefficient (Wildman–Crippen LogP) is 2.75. The third-order valence-corrected chi connectivity index (χ3v) is 6.40. The van der Waals surface area contributed by atoms with Crippen molar-refractivity contribution < 1.29 is 4.79 Å². The fourth-order valence-corrected chi connectivity index (χ4v) is 4.97. The third-order valence-electron chi connectivity index (χ3n) is 5.09. The van der Waals surface area contributed by atoms with Gasteiger partial charge < -0.3 is 11.1 Å². The number of anilines is 2. The van der Waals surface area contributed by atoms with Crippen molar-refractivity contribution in [3.8, 4) is 0 Å². The lowest BCUT2D eigenvalue weighted by molar-refractivity contribution is -0.115. The molecular formula is C18H22N6OS. The van der Waals surface area contributed by atoms with Gasteiger partial charge in [0.2, 0.25) is 11.9 Å². The molecule has 0 atom stereocenters. The number of amides is 1. The molecule has 1 amide bonds. The van der Waals surface area contributed by atoms with Crippen LogP contribution in [0.3, 0.4) is 0 Å². The molecule has 26 heavy (non-hydrogen) atoms. The topological polar surface area (TPSA) is 98.2 Å². The first kappa shape index (κ1) is 17.0. The second-order valence-electron chi connectivity index (χ2n) is 6.83. The molecule has 0 aliphatic heterocycles. The van der Waals surface area contributed by atoms with E-state index in [4.69, 9.17) is 5.73 Å². The van der Waals surface area contributed by atoms with E-state index in [1.54, 1.807) is 15.9 Å². The second kappa shape index (κ2) is 6.35. The number of aryl methyl sites for hydroxylation is 3. The Bertz CT molecular complexity index is 1020. The molecule has 0 aromatic carbocycles. The average Bonchev–Trinajstić information content (AvgIpc) is 3.12. The molecular weight excluding hydrogens is 348 g/mol. The summed E-state index contributed by atoms with van der Waals surface area (Å²) in [5.41, 5.74) is 10.8. The molecule has 4 rings (SSSR count). The summed E-state index contributed by atoms with van der Waals surface area (Å²) in [5.74, 6) is 0.608. The van der Waals surface area contributed by atoms with Crippen LogP contribution in [0.15, 0.2) is 0 Å². The van der Waals surface area contributed by atoms with Crippen LogP contribution in [0.2, 0.25) is 0 Å². The molecule has 3 heterocycles. The number of carbonyl (C=O) groups excluding carboxylic acids is 1. The molecule has 0 radical (unpaired) electrons. The van der Waals surface area contributed by atoms with E-state index < -0.39 is 0 Å². The van der Waals surface area contributed by atoms with E-state index in [1.807, 2.05) is 13.8 Å². The average molecular weight is 370 g/mol. The molecule has 7 nitrogen and oxygen atoms in total. The van der Waals surface area contributed by atoms with Gasteiger partial charge in [-0.1, -0.05) is 0 Å². The molecule has 136 valence electrons. The standard InChI is InChI=1S/C18H22N6OS/c1-9-12-6-4-5-7-14(12)26-16(9)21-15(25)8-13-10(2)20-18-22-17(19)23-24(18)11(13)3/h4-8H2,1-3H3,(H2,19,23)(H,21,25). The first-order chi connectivity index (χ1) is 12.4. The highest BCUT2D eigenvalue weighted by molar-refractivity contribution is 7.16. The van der Waals surface area contributed by atoms with Crippen molar-refractivity contribution in [2.24, 2.45) is 0 Å². The summed E-state index contributed by atoms with van der Waals surface area (Å²) in [6.45, 7) is 5.90. The predicted molar refractivity (Wildman–Crippen MR) is 103 cm³/mol. The van der Waals surface area contributed by atoms with Crippen molar-refractivity contribution in [2.45, 2.75) is 52.9 Å². The minimum absolute atomic E-state index is 0.0351. The lowest BCUT2D eigenvalue weighted by Gasteiger charge is -2.11. The summed E-state index contributed by atoms with van der Waals surface area (Å²) in [6, 6.07) is 0. The van der Waals surface area contributed by atoms with Crippen LogP contribution in [-0.2, 0) is 24.1 Å². The molecule has 3 N–H and O–H groups in total. The van der Waals surface area contributed by atoms with Crippen molar-refractivity contribution in [1.82, 2.24) is 19.6 Å². The first-order valence-corrected chi connectivity index (χ1v) is 9.65. The fourth-order valence-electron chi connectivity index (χ4n) is 3.65. The van der Waals surface area contributed by atoms with Crippen molar-refractivity contribution in [3.05, 3.63) is 33.0 Å². The number of fused-ring (bicyclic) bond motifs is 2. The Labute approximate surface area is 155 Å². The van der Waals surface area contributed by atoms with E-state index >= 15 is 0 Å². The van der Waals surface area contributed by atoms with E-state index in [1.165, 1.54) is 28.8 Å². The molecule has 3 aromatic heterocycles. The summed E-state index contributed by atoms with van der Waals surface area (Å²) in [7, 11) is 0. The number of nitrogens with two attached hydrogens (primary N) is 1. The molecule has 1 aliphatic carbocycles. The van der Waals surface area contributed by atoms with E-state index in [-0.39, 0.29) is 18.3 Å². The SMILES string of the molecule is Cc1nc2nc(N)nn2c(C)c1CC(=O)Nc1sc2c(c1C)CCCC2. The zero-order valence-electron chi connectivity index (χ0n) is 15.2. The molecule has 0 fully saturated rings. The highest BCUT2D eigenvalue weighted by Gasteiger charge is 2.20. The smallest absolute Gasteiger partial charge is 0.254 e. The maximum atomic E-state index is 12.7. The summed E-state index contributed by atoms with van der Waals surface area (Å²) in [5, 5.41) is 8.24. The Morgan fingerprint density at radius 2 is 2.00 bits per heavy atom. The minimum atomic E-state index is -0.0351. The van der Waals surface area contributed by atoms with Gasteiger partial charge in [0.15, 0.2) is 0 Å². The maximum Gasteiger partial charge on any atom is 0.254 e.